The molecule has 0 spiro atoms. The van der Waals surface area contributed by atoms with Gasteiger partial charge in [-0.05, 0) is 6.42 Å². The van der Waals surface area contributed by atoms with Gasteiger partial charge in [0.2, 0.25) is 0 Å². The van der Waals surface area contributed by atoms with Gasteiger partial charge in [0.05, 0.1) is 6.07 Å². The number of carboxylic acids is 1. The number of hydrogen-bond acceptors (Lipinski definition) is 2. The molecular weight excluding hydrogens is 118 g/mol. The summed E-state index contributed by atoms with van der Waals surface area (Å²) in [6.45, 7) is 1.85. The number of nitriles is 1. The Balaban J connectivity index is 3.72. The fourth-order valence-corrected chi connectivity index (χ4v) is 0.532. The van der Waals surface area contributed by atoms with E-state index in [1.807, 2.05) is 6.92 Å². The van der Waals surface area contributed by atoms with Crippen molar-refractivity contribution in [2.24, 2.45) is 5.92 Å². The summed E-state index contributed by atoms with van der Waals surface area (Å²) in [5, 5.41) is 16.5. The van der Waals surface area contributed by atoms with Crippen LogP contribution in [0.1, 0.15) is 19.8 Å². The van der Waals surface area contributed by atoms with Crippen LogP contribution in [0.2, 0.25) is 0 Å². The predicted octanol–water partition coefficient (Wildman–Crippen LogP) is 1.01. The summed E-state index contributed by atoms with van der Waals surface area (Å²) in [7, 11) is 0. The minimum atomic E-state index is -1.01. The lowest BCUT2D eigenvalue weighted by atomic mass is 10.1. The highest BCUT2D eigenvalue weighted by atomic mass is 16.4. The molecule has 3 nitrogen and oxygen atoms in total. The highest BCUT2D eigenvalue weighted by Gasteiger charge is 2.13. The fourth-order valence-electron chi connectivity index (χ4n) is 0.532. The van der Waals surface area contributed by atoms with E-state index >= 15 is 0 Å². The molecule has 0 aliphatic carbocycles. The topological polar surface area (TPSA) is 61.1 Å². The van der Waals surface area contributed by atoms with Gasteiger partial charge in [-0.2, -0.15) is 5.26 Å². The average molecular weight is 127 g/mol. The maximum Gasteiger partial charge on any atom is 0.320 e. The molecule has 1 atom stereocenters. The minimum absolute atomic E-state index is 0.450. The van der Waals surface area contributed by atoms with Crippen molar-refractivity contribution in [1.82, 2.24) is 0 Å². The van der Waals surface area contributed by atoms with Crippen LogP contribution in [-0.2, 0) is 4.79 Å². The Morgan fingerprint density at radius 3 is 2.56 bits per heavy atom. The van der Waals surface area contributed by atoms with Gasteiger partial charge in [-0.15, -0.1) is 0 Å². The SMILES string of the molecule is CCC[C@@H](C#N)C(=O)O. The molecule has 0 saturated carbocycles. The molecule has 0 fully saturated rings. The summed E-state index contributed by atoms with van der Waals surface area (Å²) in [6, 6.07) is 1.70. The Bertz CT molecular complexity index is 136. The van der Waals surface area contributed by atoms with E-state index < -0.39 is 11.9 Å². The van der Waals surface area contributed by atoms with Gasteiger partial charge < -0.3 is 5.11 Å². The maximum atomic E-state index is 10.1. The second kappa shape index (κ2) is 3.90. The van der Waals surface area contributed by atoms with Gasteiger partial charge in [0.1, 0.15) is 5.92 Å². The Hall–Kier alpha value is -1.04. The maximum absolute atomic E-state index is 10.1. The van der Waals surface area contributed by atoms with Crippen LogP contribution in [0.4, 0.5) is 0 Å². The van der Waals surface area contributed by atoms with E-state index in [1.165, 1.54) is 0 Å². The lowest BCUT2D eigenvalue weighted by molar-refractivity contribution is -0.139. The zero-order valence-electron chi connectivity index (χ0n) is 5.29. The van der Waals surface area contributed by atoms with Crippen LogP contribution >= 0.6 is 0 Å². The summed E-state index contributed by atoms with van der Waals surface area (Å²) in [6.07, 6.45) is 1.19. The van der Waals surface area contributed by atoms with Crippen molar-refractivity contribution < 1.29 is 9.90 Å². The van der Waals surface area contributed by atoms with Gasteiger partial charge in [-0.3, -0.25) is 4.79 Å². The third-order valence-corrected chi connectivity index (χ3v) is 1.03. The first-order valence-electron chi connectivity index (χ1n) is 2.84. The monoisotopic (exact) mass is 127 g/mol. The second-order valence-corrected chi connectivity index (χ2v) is 1.81. The van der Waals surface area contributed by atoms with E-state index in [2.05, 4.69) is 0 Å². The van der Waals surface area contributed by atoms with Crippen LogP contribution in [0.25, 0.3) is 0 Å². The van der Waals surface area contributed by atoms with Gasteiger partial charge >= 0.3 is 5.97 Å². The van der Waals surface area contributed by atoms with Crippen LogP contribution in [0.5, 0.6) is 0 Å². The standard InChI is InChI=1S/C6H9NO2/c1-2-3-5(4-7)6(8)9/h5H,2-3H2,1H3,(H,8,9)/t5-/m0/s1. The van der Waals surface area contributed by atoms with Crippen molar-refractivity contribution in [1.29, 1.82) is 5.26 Å². The van der Waals surface area contributed by atoms with Crippen molar-refractivity contribution in [2.75, 3.05) is 0 Å². The highest BCUT2D eigenvalue weighted by Crippen LogP contribution is 2.03. The van der Waals surface area contributed by atoms with Crippen LogP contribution < -0.4 is 0 Å². The number of rotatable bonds is 3. The van der Waals surface area contributed by atoms with Gasteiger partial charge in [0, 0.05) is 0 Å². The number of hydrogen-bond donors (Lipinski definition) is 1. The third kappa shape index (κ3) is 2.70. The van der Waals surface area contributed by atoms with Crippen molar-refractivity contribution in [3.8, 4) is 6.07 Å². The van der Waals surface area contributed by atoms with Crippen molar-refractivity contribution in [3.05, 3.63) is 0 Å². The Morgan fingerprint density at radius 1 is 1.89 bits per heavy atom. The molecule has 50 valence electrons. The molecule has 0 bridgehead atoms. The minimum Gasteiger partial charge on any atom is -0.480 e. The molecule has 0 heterocycles. The Kier molecular flexibility index (Phi) is 3.45. The van der Waals surface area contributed by atoms with Gasteiger partial charge in [0.15, 0.2) is 0 Å². The van der Waals surface area contributed by atoms with E-state index in [1.54, 1.807) is 6.07 Å². The highest BCUT2D eigenvalue weighted by molar-refractivity contribution is 5.72. The predicted molar refractivity (Wildman–Crippen MR) is 31.6 cm³/mol. The first kappa shape index (κ1) is 7.96. The molecule has 9 heavy (non-hydrogen) atoms. The molecule has 0 aliphatic rings. The molecule has 1 N–H and O–H groups in total. The third-order valence-electron chi connectivity index (χ3n) is 1.03. The number of carbonyl (C=O) groups is 1. The van der Waals surface area contributed by atoms with Crippen LogP contribution in [0.15, 0.2) is 0 Å². The van der Waals surface area contributed by atoms with E-state index in [0.717, 1.165) is 6.42 Å². The summed E-state index contributed by atoms with van der Waals surface area (Å²) in [5.74, 6) is -1.82. The molecule has 0 aliphatic heterocycles. The van der Waals surface area contributed by atoms with Gasteiger partial charge in [0.25, 0.3) is 0 Å². The van der Waals surface area contributed by atoms with Crippen molar-refractivity contribution >= 4 is 5.97 Å². The largest absolute Gasteiger partial charge is 0.480 e. The number of aliphatic carboxylic acids is 1. The van der Waals surface area contributed by atoms with E-state index in [4.69, 9.17) is 10.4 Å². The van der Waals surface area contributed by atoms with Crippen molar-refractivity contribution in [2.45, 2.75) is 19.8 Å². The lowest BCUT2D eigenvalue weighted by Gasteiger charge is -1.97. The average Bonchev–Trinajstić information content (AvgIpc) is 1.82. The zero-order chi connectivity index (χ0) is 7.28. The second-order valence-electron chi connectivity index (χ2n) is 1.81. The van der Waals surface area contributed by atoms with Crippen LogP contribution in [-0.4, -0.2) is 11.1 Å². The molecule has 0 amide bonds. The zero-order valence-corrected chi connectivity index (χ0v) is 5.29. The summed E-state index contributed by atoms with van der Waals surface area (Å²) >= 11 is 0. The molecule has 0 aromatic carbocycles. The van der Waals surface area contributed by atoms with Crippen molar-refractivity contribution in [3.63, 3.8) is 0 Å². The number of carboxylic acid groups (broad SMARTS) is 1. The van der Waals surface area contributed by atoms with Gasteiger partial charge in [-0.1, -0.05) is 13.3 Å². The molecule has 0 saturated heterocycles. The summed E-state index contributed by atoms with van der Waals surface area (Å²) in [5.41, 5.74) is 0. The normalized spacial score (nSPS) is 12.0. The lowest BCUT2D eigenvalue weighted by Crippen LogP contribution is -2.10. The molecular formula is C6H9NO2. The van der Waals surface area contributed by atoms with Crippen LogP contribution in [0.3, 0.4) is 0 Å². The molecule has 3 heteroatoms. The molecule has 0 rings (SSSR count). The molecule has 0 aromatic heterocycles. The van der Waals surface area contributed by atoms with E-state index in [9.17, 15) is 4.79 Å². The first-order chi connectivity index (χ1) is 4.22. The first-order valence-corrected chi connectivity index (χ1v) is 2.84. The molecule has 0 aromatic rings. The Labute approximate surface area is 53.9 Å². The quantitative estimate of drug-likeness (QED) is 0.615. The fraction of sp³-hybridized carbons (Fsp3) is 0.667. The Morgan fingerprint density at radius 2 is 2.44 bits per heavy atom. The smallest absolute Gasteiger partial charge is 0.320 e. The number of nitrogens with zero attached hydrogens (tertiary/aromatic N) is 1. The van der Waals surface area contributed by atoms with E-state index in [0.29, 0.717) is 6.42 Å². The van der Waals surface area contributed by atoms with Crippen LogP contribution in [0, 0.1) is 17.2 Å². The summed E-state index contributed by atoms with van der Waals surface area (Å²) < 4.78 is 0. The van der Waals surface area contributed by atoms with E-state index in [-0.39, 0.29) is 0 Å². The molecule has 0 unspecified atom stereocenters. The summed E-state index contributed by atoms with van der Waals surface area (Å²) in [4.78, 5) is 10.1. The van der Waals surface area contributed by atoms with Gasteiger partial charge in [-0.25, -0.2) is 0 Å². The molecule has 0 radical (unpaired) electrons.